The van der Waals surface area contributed by atoms with Crippen LogP contribution in [0.4, 0.5) is 38.5 Å². The van der Waals surface area contributed by atoms with Gasteiger partial charge in [0.2, 0.25) is 0 Å². The van der Waals surface area contributed by atoms with E-state index in [0.717, 1.165) is 111 Å². The summed E-state index contributed by atoms with van der Waals surface area (Å²) in [5.74, 6) is 0.0339. The number of furan rings is 2. The molecule has 1 atom stereocenters. The first-order valence-electron chi connectivity index (χ1n) is 26.2. The van der Waals surface area contributed by atoms with Gasteiger partial charge in [-0.25, -0.2) is 4.39 Å². The Labute approximate surface area is 442 Å². The third kappa shape index (κ3) is 7.21. The molecule has 2 aromatic heterocycles. The molecule has 14 rings (SSSR count). The quantitative estimate of drug-likeness (QED) is 0.101. The molecule has 0 aliphatic rings. The lowest BCUT2D eigenvalue weighted by Crippen LogP contribution is -2.14. The molecule has 0 saturated heterocycles. The summed E-state index contributed by atoms with van der Waals surface area (Å²) in [5.41, 5.74) is 15.0. The van der Waals surface area contributed by atoms with Crippen molar-refractivity contribution >= 4 is 125 Å². The standard InChI is InChI=1S/C70H52FN2O2P/c1-41(2)55-39-62(72(45-29-35-59(71)57(37-45)43-17-7-5-8-18-43)60-25-15-23-51-47-21-11-13-27-64(47)74-69(51)60)53-33-31-50-56(42(3)4)40-63(54-34-32-49(55)67(53)68(50)54)73(46-30-36-66(76)58(38-46)44-19-9-6-10-20-44)61-26-16-24-52-48-22-12-14-28-65(48)75-70(52)61/h5-42H,76H2,1-4H3. The van der Waals surface area contributed by atoms with Crippen LogP contribution in [0, 0.1) is 5.82 Å². The van der Waals surface area contributed by atoms with Gasteiger partial charge in [-0.15, -0.1) is 9.24 Å². The summed E-state index contributed by atoms with van der Waals surface area (Å²) in [6.07, 6.45) is 0. The van der Waals surface area contributed by atoms with Crippen LogP contribution in [0.3, 0.4) is 0 Å². The Morgan fingerprint density at radius 2 is 0.789 bits per heavy atom. The molecule has 366 valence electrons. The monoisotopic (exact) mass is 1000 g/mol. The van der Waals surface area contributed by atoms with Crippen LogP contribution >= 0.6 is 9.24 Å². The van der Waals surface area contributed by atoms with Crippen LogP contribution in [0.15, 0.2) is 227 Å². The van der Waals surface area contributed by atoms with Crippen molar-refractivity contribution < 1.29 is 13.2 Å². The van der Waals surface area contributed by atoms with E-state index < -0.39 is 0 Å². The lowest BCUT2D eigenvalue weighted by atomic mass is 9.84. The van der Waals surface area contributed by atoms with Crippen molar-refractivity contribution in [2.24, 2.45) is 0 Å². The zero-order valence-corrected chi connectivity index (χ0v) is 43.8. The van der Waals surface area contributed by atoms with E-state index in [0.29, 0.717) is 5.56 Å². The zero-order chi connectivity index (χ0) is 51.3. The van der Waals surface area contributed by atoms with Gasteiger partial charge < -0.3 is 18.6 Å². The van der Waals surface area contributed by atoms with Crippen LogP contribution in [0.5, 0.6) is 0 Å². The molecule has 2 heterocycles. The van der Waals surface area contributed by atoms with Crippen LogP contribution in [0.25, 0.3) is 98.4 Å². The van der Waals surface area contributed by atoms with E-state index in [1.807, 2.05) is 60.7 Å². The maximum atomic E-state index is 16.3. The van der Waals surface area contributed by atoms with Gasteiger partial charge in [0.05, 0.1) is 22.7 Å². The van der Waals surface area contributed by atoms with Gasteiger partial charge in [0.1, 0.15) is 17.0 Å². The second-order valence-corrected chi connectivity index (χ2v) is 21.3. The van der Waals surface area contributed by atoms with Crippen LogP contribution < -0.4 is 15.1 Å². The average molecular weight is 1000 g/mol. The van der Waals surface area contributed by atoms with Gasteiger partial charge >= 0.3 is 0 Å². The molecule has 0 aliphatic carbocycles. The molecule has 14 aromatic rings. The third-order valence-corrected chi connectivity index (χ3v) is 16.1. The minimum absolute atomic E-state index is 0.147. The number of nitrogens with zero attached hydrogens (tertiary/aromatic N) is 2. The van der Waals surface area contributed by atoms with Crippen LogP contribution in [0.1, 0.15) is 50.7 Å². The summed E-state index contributed by atoms with van der Waals surface area (Å²) in [4.78, 5) is 4.74. The molecule has 0 radical (unpaired) electrons. The van der Waals surface area contributed by atoms with E-state index in [2.05, 4.69) is 198 Å². The SMILES string of the molecule is CC(C)c1cc(N(c2ccc(F)c(-c3ccccc3)c2)c2cccc3c2oc2ccccc23)c2ccc3c(C(C)C)cc(N(c4ccc(P)c(-c5ccccc5)c4)c4cccc5c4oc4ccccc45)c4ccc1c2c34. The zero-order valence-electron chi connectivity index (χ0n) is 42.6. The smallest absolute Gasteiger partial charge is 0.159 e. The first-order valence-corrected chi connectivity index (χ1v) is 26.8. The molecular formula is C70H52FN2O2P. The summed E-state index contributed by atoms with van der Waals surface area (Å²) in [7, 11) is 2.98. The molecule has 0 spiro atoms. The molecule has 0 N–H and O–H groups in total. The summed E-state index contributed by atoms with van der Waals surface area (Å²) >= 11 is 0. The van der Waals surface area contributed by atoms with Crippen molar-refractivity contribution in [3.05, 3.63) is 235 Å². The van der Waals surface area contributed by atoms with Crippen molar-refractivity contribution in [2.75, 3.05) is 9.80 Å². The number of halogens is 1. The highest BCUT2D eigenvalue weighted by atomic mass is 31.0. The summed E-state index contributed by atoms with van der Waals surface area (Å²) in [5, 5.41) is 12.3. The lowest BCUT2D eigenvalue weighted by Gasteiger charge is -2.32. The first kappa shape index (κ1) is 45.8. The number of para-hydroxylation sites is 4. The van der Waals surface area contributed by atoms with E-state index in [4.69, 9.17) is 8.83 Å². The predicted molar refractivity (Wildman–Crippen MR) is 322 cm³/mol. The number of fused-ring (bicyclic) bond motifs is 6. The van der Waals surface area contributed by atoms with Gasteiger partial charge in [0, 0.05) is 49.3 Å². The molecule has 0 bridgehead atoms. The predicted octanol–water partition coefficient (Wildman–Crippen LogP) is 20.5. The van der Waals surface area contributed by atoms with Crippen molar-refractivity contribution in [3.63, 3.8) is 0 Å². The normalized spacial score (nSPS) is 12.1. The van der Waals surface area contributed by atoms with Crippen molar-refractivity contribution in [1.82, 2.24) is 0 Å². The van der Waals surface area contributed by atoms with Crippen LogP contribution in [-0.2, 0) is 0 Å². The number of hydrogen-bond donors (Lipinski definition) is 0. The Hall–Kier alpha value is -8.76. The highest BCUT2D eigenvalue weighted by Gasteiger charge is 2.29. The van der Waals surface area contributed by atoms with Gasteiger partial charge in [-0.1, -0.05) is 179 Å². The van der Waals surface area contributed by atoms with Gasteiger partial charge in [0.15, 0.2) is 11.2 Å². The van der Waals surface area contributed by atoms with Crippen molar-refractivity contribution in [1.29, 1.82) is 0 Å². The summed E-state index contributed by atoms with van der Waals surface area (Å²) in [6.45, 7) is 9.17. The lowest BCUT2D eigenvalue weighted by molar-refractivity contribution is 0.631. The minimum atomic E-state index is -0.282. The fourth-order valence-electron chi connectivity index (χ4n) is 12.0. The van der Waals surface area contributed by atoms with Crippen molar-refractivity contribution in [2.45, 2.75) is 39.5 Å². The highest BCUT2D eigenvalue weighted by molar-refractivity contribution is 7.28. The van der Waals surface area contributed by atoms with E-state index in [1.54, 1.807) is 6.07 Å². The summed E-state index contributed by atoms with van der Waals surface area (Å²) in [6, 6.07) is 76.3. The van der Waals surface area contributed by atoms with E-state index >= 15 is 4.39 Å². The summed E-state index contributed by atoms with van der Waals surface area (Å²) < 4.78 is 30.1. The molecule has 0 aliphatic heterocycles. The Kier molecular flexibility index (Phi) is 10.8. The number of rotatable bonds is 10. The van der Waals surface area contributed by atoms with E-state index in [1.165, 1.54) is 32.7 Å². The second kappa shape index (κ2) is 18.0. The molecule has 12 aromatic carbocycles. The maximum absolute atomic E-state index is 16.3. The maximum Gasteiger partial charge on any atom is 0.159 e. The molecular weight excluding hydrogens is 951 g/mol. The molecule has 0 amide bonds. The second-order valence-electron chi connectivity index (χ2n) is 20.7. The van der Waals surface area contributed by atoms with Crippen molar-refractivity contribution in [3.8, 4) is 22.3 Å². The van der Waals surface area contributed by atoms with Gasteiger partial charge in [0.25, 0.3) is 0 Å². The Balaban J connectivity index is 1.10. The minimum Gasteiger partial charge on any atom is -0.454 e. The number of anilines is 6. The van der Waals surface area contributed by atoms with Gasteiger partial charge in [-0.2, -0.15) is 0 Å². The molecule has 76 heavy (non-hydrogen) atoms. The van der Waals surface area contributed by atoms with Crippen LogP contribution in [0.2, 0.25) is 0 Å². The average Bonchev–Trinajstić information content (AvgIpc) is 4.05. The fourth-order valence-corrected chi connectivity index (χ4v) is 12.4. The number of benzene rings is 12. The molecule has 0 fully saturated rings. The first-order chi connectivity index (χ1) is 37.2. The number of hydrogen-bond acceptors (Lipinski definition) is 4. The largest absolute Gasteiger partial charge is 0.454 e. The molecule has 0 saturated carbocycles. The van der Waals surface area contributed by atoms with Crippen LogP contribution in [-0.4, -0.2) is 0 Å². The van der Waals surface area contributed by atoms with E-state index in [9.17, 15) is 0 Å². The molecule has 1 unspecified atom stereocenters. The Bertz CT molecular complexity index is 4280. The van der Waals surface area contributed by atoms with Gasteiger partial charge in [-0.05, 0) is 133 Å². The highest BCUT2D eigenvalue weighted by Crippen LogP contribution is 2.53. The van der Waals surface area contributed by atoms with Gasteiger partial charge in [-0.3, -0.25) is 0 Å². The molecule has 4 nitrogen and oxygen atoms in total. The fraction of sp³-hybridized carbons (Fsp3) is 0.0857. The molecule has 6 heteroatoms. The Morgan fingerprint density at radius 3 is 1.29 bits per heavy atom. The Morgan fingerprint density at radius 1 is 0.368 bits per heavy atom. The topological polar surface area (TPSA) is 32.8 Å². The van der Waals surface area contributed by atoms with E-state index in [-0.39, 0.29) is 17.7 Å². The third-order valence-electron chi connectivity index (χ3n) is 15.6.